The van der Waals surface area contributed by atoms with Crippen LogP contribution in [0, 0.1) is 6.92 Å². The highest BCUT2D eigenvalue weighted by molar-refractivity contribution is 7.99. The van der Waals surface area contributed by atoms with E-state index in [0.29, 0.717) is 22.4 Å². The predicted octanol–water partition coefficient (Wildman–Crippen LogP) is 2.41. The zero-order valence-electron chi connectivity index (χ0n) is 17.4. The third kappa shape index (κ3) is 5.42. The normalized spacial score (nSPS) is 11.3. The SMILES string of the molecule is Cc1ccc(-n2c(SCC(=O)Nc3ccc(S(N)(=O)=O)cc3)nnc2-c2cnccn2)cc1. The first-order chi connectivity index (χ1) is 15.8. The Hall–Kier alpha value is -3.61. The van der Waals surface area contributed by atoms with E-state index in [4.69, 9.17) is 5.14 Å². The van der Waals surface area contributed by atoms with Crippen molar-refractivity contribution in [3.05, 3.63) is 72.7 Å². The van der Waals surface area contributed by atoms with Crippen molar-refractivity contribution in [1.29, 1.82) is 0 Å². The Morgan fingerprint density at radius 1 is 1.06 bits per heavy atom. The number of rotatable bonds is 7. The fourth-order valence-corrected chi connectivity index (χ4v) is 4.19. The Kier molecular flexibility index (Phi) is 6.49. The molecule has 0 radical (unpaired) electrons. The molecule has 0 aliphatic heterocycles. The van der Waals surface area contributed by atoms with Crippen LogP contribution in [0.4, 0.5) is 5.69 Å². The van der Waals surface area contributed by atoms with Crippen molar-refractivity contribution in [2.75, 3.05) is 11.1 Å². The maximum atomic E-state index is 12.5. The number of sulfonamides is 1. The van der Waals surface area contributed by atoms with Crippen LogP contribution in [0.25, 0.3) is 17.2 Å². The van der Waals surface area contributed by atoms with E-state index in [1.807, 2.05) is 35.8 Å². The average Bonchev–Trinajstić information content (AvgIpc) is 3.22. The summed E-state index contributed by atoms with van der Waals surface area (Å²) in [4.78, 5) is 20.9. The number of nitrogens with zero attached hydrogens (tertiary/aromatic N) is 5. The van der Waals surface area contributed by atoms with E-state index < -0.39 is 10.0 Å². The van der Waals surface area contributed by atoms with Crippen molar-refractivity contribution >= 4 is 33.4 Å². The number of anilines is 1. The Balaban J connectivity index is 1.54. The van der Waals surface area contributed by atoms with E-state index in [-0.39, 0.29) is 16.6 Å². The molecule has 12 heteroatoms. The number of thioether (sulfide) groups is 1. The zero-order valence-corrected chi connectivity index (χ0v) is 19.0. The molecule has 0 fully saturated rings. The summed E-state index contributed by atoms with van der Waals surface area (Å²) in [5, 5.41) is 16.9. The average molecular weight is 482 g/mol. The lowest BCUT2D eigenvalue weighted by atomic mass is 10.2. The number of carbonyl (C=O) groups is 1. The van der Waals surface area contributed by atoms with E-state index >= 15 is 0 Å². The van der Waals surface area contributed by atoms with Gasteiger partial charge >= 0.3 is 0 Å². The number of aromatic nitrogens is 5. The molecule has 4 rings (SSSR count). The van der Waals surface area contributed by atoms with Crippen LogP contribution in [0.3, 0.4) is 0 Å². The molecule has 33 heavy (non-hydrogen) atoms. The Labute approximate surface area is 194 Å². The van der Waals surface area contributed by atoms with Crippen molar-refractivity contribution in [2.45, 2.75) is 17.0 Å². The number of benzene rings is 2. The molecule has 168 valence electrons. The third-order valence-corrected chi connectivity index (χ3v) is 6.37. The second kappa shape index (κ2) is 9.48. The zero-order chi connectivity index (χ0) is 23.4. The number of amides is 1. The lowest BCUT2D eigenvalue weighted by Gasteiger charge is -2.10. The topological polar surface area (TPSA) is 146 Å². The van der Waals surface area contributed by atoms with Crippen LogP contribution in [0.15, 0.2) is 77.2 Å². The lowest BCUT2D eigenvalue weighted by Crippen LogP contribution is -2.15. The quantitative estimate of drug-likeness (QED) is 0.383. The molecular formula is C21H19N7O3S2. The first-order valence-corrected chi connectivity index (χ1v) is 12.2. The van der Waals surface area contributed by atoms with Crippen molar-refractivity contribution in [3.63, 3.8) is 0 Å². The molecule has 4 aromatic rings. The van der Waals surface area contributed by atoms with Crippen molar-refractivity contribution in [1.82, 2.24) is 24.7 Å². The fraction of sp³-hybridized carbons (Fsp3) is 0.0952. The highest BCUT2D eigenvalue weighted by atomic mass is 32.2. The standard InChI is InChI=1S/C21H19N7O3S2/c1-14-2-6-16(7-3-14)28-20(18-12-23-10-11-24-18)26-27-21(28)32-13-19(29)25-15-4-8-17(9-5-15)33(22,30)31/h2-12H,13H2,1H3,(H,25,29)(H2,22,30,31). The molecule has 0 aliphatic carbocycles. The molecule has 2 aromatic carbocycles. The molecular weight excluding hydrogens is 462 g/mol. The predicted molar refractivity (Wildman–Crippen MR) is 124 cm³/mol. The minimum Gasteiger partial charge on any atom is -0.325 e. The van der Waals surface area contributed by atoms with Crippen LogP contribution >= 0.6 is 11.8 Å². The number of carbonyl (C=O) groups excluding carboxylic acids is 1. The van der Waals surface area contributed by atoms with Gasteiger partial charge in [0.1, 0.15) is 5.69 Å². The Bertz CT molecular complexity index is 1370. The summed E-state index contributed by atoms with van der Waals surface area (Å²) in [6.45, 7) is 2.00. The number of nitrogens with one attached hydrogen (secondary N) is 1. The molecule has 2 heterocycles. The number of primary sulfonamides is 1. The second-order valence-electron chi connectivity index (χ2n) is 6.97. The summed E-state index contributed by atoms with van der Waals surface area (Å²) in [5.74, 6) is 0.276. The number of nitrogens with two attached hydrogens (primary N) is 1. The monoisotopic (exact) mass is 481 g/mol. The molecule has 0 unspecified atom stereocenters. The van der Waals surface area contributed by atoms with Gasteiger partial charge in [-0.1, -0.05) is 29.5 Å². The fourth-order valence-electron chi connectivity index (χ4n) is 2.93. The van der Waals surface area contributed by atoms with E-state index in [1.165, 1.54) is 36.0 Å². The van der Waals surface area contributed by atoms with Gasteiger partial charge in [0.25, 0.3) is 0 Å². The minimum absolute atomic E-state index is 0.0300. The van der Waals surface area contributed by atoms with Crippen molar-refractivity contribution in [2.24, 2.45) is 5.14 Å². The first kappa shape index (κ1) is 22.6. The van der Waals surface area contributed by atoms with Crippen LogP contribution in [0.1, 0.15) is 5.56 Å². The Morgan fingerprint density at radius 2 is 1.79 bits per heavy atom. The molecule has 0 atom stereocenters. The first-order valence-electron chi connectivity index (χ1n) is 9.65. The van der Waals surface area contributed by atoms with E-state index in [1.54, 1.807) is 18.6 Å². The van der Waals surface area contributed by atoms with Gasteiger partial charge in [0.05, 0.1) is 16.8 Å². The second-order valence-corrected chi connectivity index (χ2v) is 9.48. The molecule has 3 N–H and O–H groups in total. The highest BCUT2D eigenvalue weighted by Gasteiger charge is 2.18. The maximum absolute atomic E-state index is 12.5. The van der Waals surface area contributed by atoms with Crippen LogP contribution in [-0.2, 0) is 14.8 Å². The van der Waals surface area contributed by atoms with Gasteiger partial charge in [-0.25, -0.2) is 18.5 Å². The molecule has 0 spiro atoms. The summed E-state index contributed by atoms with van der Waals surface area (Å²) >= 11 is 1.21. The van der Waals surface area contributed by atoms with Crippen LogP contribution in [-0.4, -0.2) is 44.8 Å². The molecule has 0 aliphatic rings. The number of aryl methyl sites for hydroxylation is 1. The van der Waals surface area contributed by atoms with Crippen LogP contribution < -0.4 is 10.5 Å². The van der Waals surface area contributed by atoms with Crippen LogP contribution in [0.2, 0.25) is 0 Å². The minimum atomic E-state index is -3.79. The smallest absolute Gasteiger partial charge is 0.238 e. The molecule has 2 aromatic heterocycles. The van der Waals surface area contributed by atoms with Crippen molar-refractivity contribution < 1.29 is 13.2 Å². The van der Waals surface area contributed by atoms with Gasteiger partial charge in [0.2, 0.25) is 15.9 Å². The molecule has 0 bridgehead atoms. The van der Waals surface area contributed by atoms with Gasteiger partial charge in [0, 0.05) is 23.8 Å². The van der Waals surface area contributed by atoms with E-state index in [0.717, 1.165) is 11.3 Å². The largest absolute Gasteiger partial charge is 0.325 e. The number of hydrogen-bond acceptors (Lipinski definition) is 8. The molecule has 0 saturated carbocycles. The summed E-state index contributed by atoms with van der Waals surface area (Å²) in [6.07, 6.45) is 4.75. The number of hydrogen-bond donors (Lipinski definition) is 2. The van der Waals surface area contributed by atoms with Gasteiger partial charge in [-0.3, -0.25) is 14.3 Å². The molecule has 0 saturated heterocycles. The maximum Gasteiger partial charge on any atom is 0.238 e. The van der Waals surface area contributed by atoms with Gasteiger partial charge in [-0.2, -0.15) is 0 Å². The van der Waals surface area contributed by atoms with Crippen LogP contribution in [0.5, 0.6) is 0 Å². The van der Waals surface area contributed by atoms with Gasteiger partial charge < -0.3 is 5.32 Å². The lowest BCUT2D eigenvalue weighted by molar-refractivity contribution is -0.113. The van der Waals surface area contributed by atoms with Crippen molar-refractivity contribution in [3.8, 4) is 17.2 Å². The van der Waals surface area contributed by atoms with Gasteiger partial charge in [0.15, 0.2) is 11.0 Å². The molecule has 1 amide bonds. The van der Waals surface area contributed by atoms with E-state index in [2.05, 4.69) is 25.5 Å². The molecule has 10 nitrogen and oxygen atoms in total. The summed E-state index contributed by atoms with van der Waals surface area (Å²) in [6, 6.07) is 13.4. The summed E-state index contributed by atoms with van der Waals surface area (Å²) in [7, 11) is -3.79. The third-order valence-electron chi connectivity index (χ3n) is 4.52. The van der Waals surface area contributed by atoms with Gasteiger partial charge in [-0.15, -0.1) is 10.2 Å². The summed E-state index contributed by atoms with van der Waals surface area (Å²) < 4.78 is 24.5. The Morgan fingerprint density at radius 3 is 2.42 bits per heavy atom. The van der Waals surface area contributed by atoms with E-state index in [9.17, 15) is 13.2 Å². The highest BCUT2D eigenvalue weighted by Crippen LogP contribution is 2.27. The van der Waals surface area contributed by atoms with Gasteiger partial charge in [-0.05, 0) is 43.3 Å². The summed E-state index contributed by atoms with van der Waals surface area (Å²) in [5.41, 5.74) is 2.94.